The Hall–Kier alpha value is -1.32. The predicted molar refractivity (Wildman–Crippen MR) is 82.7 cm³/mol. The fraction of sp³-hybridized carbons (Fsp3) is 0.733. The van der Waals surface area contributed by atoms with Crippen LogP contribution in [0.15, 0.2) is 6.20 Å². The summed E-state index contributed by atoms with van der Waals surface area (Å²) in [5.74, 6) is 2.22. The second kappa shape index (κ2) is 6.73. The van der Waals surface area contributed by atoms with Gasteiger partial charge in [0.25, 0.3) is 0 Å². The monoisotopic (exact) mass is 264 g/mol. The molecule has 0 spiro atoms. The van der Waals surface area contributed by atoms with E-state index in [0.29, 0.717) is 17.3 Å². The molecule has 1 rings (SSSR count). The largest absolute Gasteiger partial charge is 0.369 e. The highest BCUT2D eigenvalue weighted by molar-refractivity contribution is 5.46. The lowest BCUT2D eigenvalue weighted by molar-refractivity contribution is 0.274. The van der Waals surface area contributed by atoms with Gasteiger partial charge >= 0.3 is 0 Å². The van der Waals surface area contributed by atoms with E-state index in [1.807, 2.05) is 13.1 Å². The van der Waals surface area contributed by atoms with Crippen LogP contribution >= 0.6 is 0 Å². The summed E-state index contributed by atoms with van der Waals surface area (Å²) < 4.78 is 0. The molecule has 1 atom stereocenters. The van der Waals surface area contributed by atoms with Gasteiger partial charge in [0.05, 0.1) is 0 Å². The van der Waals surface area contributed by atoms with Gasteiger partial charge in [0.1, 0.15) is 5.82 Å². The lowest BCUT2D eigenvalue weighted by Gasteiger charge is -2.27. The Morgan fingerprint density at radius 3 is 2.53 bits per heavy atom. The zero-order valence-corrected chi connectivity index (χ0v) is 13.2. The standard InChI is InChI=1S/C15H28N4/c1-7-8-16-14-18-9-11(2)13(19-14)17-10-12(3)15(4,5)6/h9,12H,7-8,10H2,1-6H3,(H2,16,17,18,19). The molecule has 1 heterocycles. The molecule has 0 saturated heterocycles. The molecule has 4 nitrogen and oxygen atoms in total. The minimum absolute atomic E-state index is 0.303. The Kier molecular flexibility index (Phi) is 5.58. The molecule has 0 aromatic carbocycles. The van der Waals surface area contributed by atoms with Crippen molar-refractivity contribution in [3.05, 3.63) is 11.8 Å². The third-order valence-electron chi connectivity index (χ3n) is 3.56. The summed E-state index contributed by atoms with van der Waals surface area (Å²) in [6.45, 7) is 15.1. The lowest BCUT2D eigenvalue weighted by atomic mass is 9.82. The molecule has 0 fully saturated rings. The molecule has 0 bridgehead atoms. The van der Waals surface area contributed by atoms with Gasteiger partial charge in [-0.15, -0.1) is 0 Å². The Morgan fingerprint density at radius 1 is 1.26 bits per heavy atom. The van der Waals surface area contributed by atoms with Gasteiger partial charge in [0, 0.05) is 24.8 Å². The van der Waals surface area contributed by atoms with Crippen molar-refractivity contribution in [2.75, 3.05) is 23.7 Å². The smallest absolute Gasteiger partial charge is 0.224 e. The molecule has 0 aliphatic carbocycles. The molecule has 0 amide bonds. The van der Waals surface area contributed by atoms with E-state index in [-0.39, 0.29) is 0 Å². The van der Waals surface area contributed by atoms with Crippen LogP contribution in [0.2, 0.25) is 0 Å². The molecule has 4 heteroatoms. The van der Waals surface area contributed by atoms with Crippen LogP contribution in [0.25, 0.3) is 0 Å². The first-order chi connectivity index (χ1) is 8.84. The van der Waals surface area contributed by atoms with Gasteiger partial charge in [-0.2, -0.15) is 4.98 Å². The van der Waals surface area contributed by atoms with Gasteiger partial charge in [-0.25, -0.2) is 4.98 Å². The Morgan fingerprint density at radius 2 is 1.95 bits per heavy atom. The van der Waals surface area contributed by atoms with E-state index in [0.717, 1.165) is 30.9 Å². The first kappa shape index (κ1) is 15.7. The van der Waals surface area contributed by atoms with E-state index >= 15 is 0 Å². The van der Waals surface area contributed by atoms with Gasteiger partial charge in [-0.05, 0) is 24.7 Å². The van der Waals surface area contributed by atoms with Crippen LogP contribution in [0.1, 0.15) is 46.6 Å². The van der Waals surface area contributed by atoms with Gasteiger partial charge in [-0.1, -0.05) is 34.6 Å². The number of aryl methyl sites for hydroxylation is 1. The molecule has 0 radical (unpaired) electrons. The fourth-order valence-corrected chi connectivity index (χ4v) is 1.50. The summed E-state index contributed by atoms with van der Waals surface area (Å²) in [4.78, 5) is 8.82. The van der Waals surface area contributed by atoms with Crippen molar-refractivity contribution in [1.82, 2.24) is 9.97 Å². The third kappa shape index (κ3) is 5.05. The van der Waals surface area contributed by atoms with Crippen molar-refractivity contribution in [1.29, 1.82) is 0 Å². The van der Waals surface area contributed by atoms with E-state index < -0.39 is 0 Å². The quantitative estimate of drug-likeness (QED) is 0.822. The maximum absolute atomic E-state index is 4.53. The highest BCUT2D eigenvalue weighted by Crippen LogP contribution is 2.25. The van der Waals surface area contributed by atoms with Crippen molar-refractivity contribution in [2.24, 2.45) is 11.3 Å². The van der Waals surface area contributed by atoms with Crippen molar-refractivity contribution in [3.63, 3.8) is 0 Å². The fourth-order valence-electron chi connectivity index (χ4n) is 1.50. The second-order valence-corrected chi connectivity index (χ2v) is 6.30. The summed E-state index contributed by atoms with van der Waals surface area (Å²) in [6, 6.07) is 0. The Balaban J connectivity index is 2.66. The van der Waals surface area contributed by atoms with Crippen LogP contribution in [-0.2, 0) is 0 Å². The molecule has 19 heavy (non-hydrogen) atoms. The van der Waals surface area contributed by atoms with E-state index in [9.17, 15) is 0 Å². The number of nitrogens with zero attached hydrogens (tertiary/aromatic N) is 2. The zero-order valence-electron chi connectivity index (χ0n) is 13.2. The summed E-state index contributed by atoms with van der Waals surface area (Å²) in [6.07, 6.45) is 2.94. The lowest BCUT2D eigenvalue weighted by Crippen LogP contribution is -2.25. The topological polar surface area (TPSA) is 49.8 Å². The van der Waals surface area contributed by atoms with Crippen molar-refractivity contribution in [3.8, 4) is 0 Å². The van der Waals surface area contributed by atoms with E-state index in [2.05, 4.69) is 55.2 Å². The molecule has 108 valence electrons. The van der Waals surface area contributed by atoms with Crippen LogP contribution in [0, 0.1) is 18.3 Å². The van der Waals surface area contributed by atoms with E-state index in [1.165, 1.54) is 0 Å². The molecule has 0 saturated carbocycles. The van der Waals surface area contributed by atoms with Crippen LogP contribution in [0.3, 0.4) is 0 Å². The van der Waals surface area contributed by atoms with Gasteiger partial charge in [0.15, 0.2) is 0 Å². The molecular weight excluding hydrogens is 236 g/mol. The number of nitrogens with one attached hydrogen (secondary N) is 2. The molecule has 1 aromatic heterocycles. The van der Waals surface area contributed by atoms with Crippen molar-refractivity contribution < 1.29 is 0 Å². The second-order valence-electron chi connectivity index (χ2n) is 6.30. The SMILES string of the molecule is CCCNc1ncc(C)c(NCC(C)C(C)(C)C)n1. The van der Waals surface area contributed by atoms with Gasteiger partial charge in [-0.3, -0.25) is 0 Å². The zero-order chi connectivity index (χ0) is 14.5. The number of aromatic nitrogens is 2. The first-order valence-corrected chi connectivity index (χ1v) is 7.16. The summed E-state index contributed by atoms with van der Waals surface area (Å²) in [5.41, 5.74) is 1.39. The molecule has 1 aromatic rings. The summed E-state index contributed by atoms with van der Waals surface area (Å²) in [5, 5.41) is 6.66. The van der Waals surface area contributed by atoms with E-state index in [4.69, 9.17) is 0 Å². The Labute approximate surface area is 117 Å². The highest BCUT2D eigenvalue weighted by atomic mass is 15.1. The van der Waals surface area contributed by atoms with Crippen molar-refractivity contribution in [2.45, 2.75) is 48.0 Å². The predicted octanol–water partition coefficient (Wildman–Crippen LogP) is 3.70. The summed E-state index contributed by atoms with van der Waals surface area (Å²) in [7, 11) is 0. The van der Waals surface area contributed by atoms with Crippen LogP contribution in [-0.4, -0.2) is 23.1 Å². The van der Waals surface area contributed by atoms with Crippen LogP contribution in [0.5, 0.6) is 0 Å². The molecule has 1 unspecified atom stereocenters. The van der Waals surface area contributed by atoms with Crippen molar-refractivity contribution >= 4 is 11.8 Å². The minimum Gasteiger partial charge on any atom is -0.369 e. The average molecular weight is 264 g/mol. The molecule has 2 N–H and O–H groups in total. The molecule has 0 aliphatic heterocycles. The van der Waals surface area contributed by atoms with E-state index in [1.54, 1.807) is 0 Å². The number of rotatable bonds is 6. The maximum Gasteiger partial charge on any atom is 0.224 e. The highest BCUT2D eigenvalue weighted by Gasteiger charge is 2.19. The first-order valence-electron chi connectivity index (χ1n) is 7.16. The summed E-state index contributed by atoms with van der Waals surface area (Å²) >= 11 is 0. The van der Waals surface area contributed by atoms with Crippen LogP contribution in [0.4, 0.5) is 11.8 Å². The number of anilines is 2. The molecule has 0 aliphatic rings. The third-order valence-corrected chi connectivity index (χ3v) is 3.56. The maximum atomic E-state index is 4.53. The Bertz CT molecular complexity index is 396. The average Bonchev–Trinajstić information content (AvgIpc) is 2.34. The van der Waals surface area contributed by atoms with Crippen LogP contribution < -0.4 is 10.6 Å². The van der Waals surface area contributed by atoms with Gasteiger partial charge < -0.3 is 10.6 Å². The van der Waals surface area contributed by atoms with Gasteiger partial charge in [0.2, 0.25) is 5.95 Å². The normalized spacial score (nSPS) is 13.2. The number of hydrogen-bond donors (Lipinski definition) is 2. The minimum atomic E-state index is 0.303. The molecular formula is C15H28N4. The number of hydrogen-bond acceptors (Lipinski definition) is 4.